The van der Waals surface area contributed by atoms with Gasteiger partial charge in [-0.2, -0.15) is 10.5 Å². The highest BCUT2D eigenvalue weighted by atomic mass is 14.2. The van der Waals surface area contributed by atoms with Crippen molar-refractivity contribution < 1.29 is 0 Å². The van der Waals surface area contributed by atoms with Gasteiger partial charge in [-0.25, -0.2) is 0 Å². The minimum atomic E-state index is 0.565. The first kappa shape index (κ1) is 9.46. The lowest BCUT2D eigenvalue weighted by Crippen LogP contribution is -1.80. The predicted molar refractivity (Wildman–Crippen MR) is 43.4 cm³/mol. The monoisotopic (exact) mass is 146 g/mol. The van der Waals surface area contributed by atoms with Crippen LogP contribution in [0.1, 0.15) is 19.3 Å². The van der Waals surface area contributed by atoms with E-state index in [1.165, 1.54) is 0 Å². The molecule has 0 atom stereocenters. The quantitative estimate of drug-likeness (QED) is 0.571. The molecule has 2 nitrogen and oxygen atoms in total. The van der Waals surface area contributed by atoms with Gasteiger partial charge in [-0.05, 0) is 19.3 Å². The minimum absolute atomic E-state index is 0.565. The number of hydrogen-bond acceptors (Lipinski definition) is 2. The zero-order valence-corrected chi connectivity index (χ0v) is 6.43. The highest BCUT2D eigenvalue weighted by molar-refractivity contribution is 5.18. The number of hydrogen-bond donors (Lipinski definition) is 0. The molecule has 0 heterocycles. The van der Waals surface area contributed by atoms with Gasteiger partial charge in [0, 0.05) is 11.1 Å². The van der Waals surface area contributed by atoms with Crippen LogP contribution in [-0.2, 0) is 0 Å². The number of nitriles is 2. The second-order valence-electron chi connectivity index (χ2n) is 2.28. The van der Waals surface area contributed by atoms with E-state index in [1.54, 1.807) is 0 Å². The van der Waals surface area contributed by atoms with Gasteiger partial charge in [0.15, 0.2) is 0 Å². The molecule has 0 rings (SSSR count). The van der Waals surface area contributed by atoms with E-state index >= 15 is 0 Å². The standard InChI is InChI=1S/C9H10N2/c1-8(6-10)4-3-5-9(2)7-11/h1-5H2. The predicted octanol–water partition coefficient (Wildman–Crippen LogP) is 2.32. The smallest absolute Gasteiger partial charge is 0.0940 e. The van der Waals surface area contributed by atoms with Crippen molar-refractivity contribution in [2.75, 3.05) is 0 Å². The summed E-state index contributed by atoms with van der Waals surface area (Å²) in [4.78, 5) is 0. The average molecular weight is 146 g/mol. The summed E-state index contributed by atoms with van der Waals surface area (Å²) in [5, 5.41) is 16.6. The fourth-order valence-corrected chi connectivity index (χ4v) is 0.627. The molecular formula is C9H10N2. The van der Waals surface area contributed by atoms with Crippen molar-refractivity contribution in [1.29, 1.82) is 10.5 Å². The van der Waals surface area contributed by atoms with E-state index in [1.807, 2.05) is 12.1 Å². The molecule has 0 fully saturated rings. The van der Waals surface area contributed by atoms with Crippen LogP contribution in [-0.4, -0.2) is 0 Å². The van der Waals surface area contributed by atoms with Gasteiger partial charge in [0.1, 0.15) is 0 Å². The van der Waals surface area contributed by atoms with Crippen LogP contribution >= 0.6 is 0 Å². The summed E-state index contributed by atoms with van der Waals surface area (Å²) in [5.74, 6) is 0. The molecule has 0 aromatic carbocycles. The lowest BCUT2D eigenvalue weighted by molar-refractivity contribution is 0.834. The molecule has 0 N–H and O–H groups in total. The lowest BCUT2D eigenvalue weighted by atomic mass is 10.1. The van der Waals surface area contributed by atoms with Crippen molar-refractivity contribution >= 4 is 0 Å². The number of rotatable bonds is 4. The Morgan fingerprint density at radius 2 is 1.36 bits per heavy atom. The van der Waals surface area contributed by atoms with Crippen molar-refractivity contribution in [2.45, 2.75) is 19.3 Å². The summed E-state index contributed by atoms with van der Waals surface area (Å²) in [6.45, 7) is 7.04. The molecule has 0 aliphatic heterocycles. The van der Waals surface area contributed by atoms with Gasteiger partial charge in [0.05, 0.1) is 12.1 Å². The van der Waals surface area contributed by atoms with Crippen molar-refractivity contribution in [2.24, 2.45) is 0 Å². The van der Waals surface area contributed by atoms with Gasteiger partial charge < -0.3 is 0 Å². The fourth-order valence-electron chi connectivity index (χ4n) is 0.627. The zero-order chi connectivity index (χ0) is 8.69. The highest BCUT2D eigenvalue weighted by Gasteiger charge is 1.94. The van der Waals surface area contributed by atoms with Crippen molar-refractivity contribution in [3.8, 4) is 12.1 Å². The molecule has 0 aromatic heterocycles. The van der Waals surface area contributed by atoms with Gasteiger partial charge in [0.25, 0.3) is 0 Å². The summed E-state index contributed by atoms with van der Waals surface area (Å²) in [6.07, 6.45) is 2.12. The van der Waals surface area contributed by atoms with Gasteiger partial charge >= 0.3 is 0 Å². The first-order chi connectivity index (χ1) is 5.20. The molecule has 2 heteroatoms. The van der Waals surface area contributed by atoms with Crippen LogP contribution in [0.3, 0.4) is 0 Å². The topological polar surface area (TPSA) is 47.6 Å². The molecular weight excluding hydrogens is 136 g/mol. The van der Waals surface area contributed by atoms with E-state index in [9.17, 15) is 0 Å². The van der Waals surface area contributed by atoms with Crippen molar-refractivity contribution in [3.63, 3.8) is 0 Å². The van der Waals surface area contributed by atoms with Gasteiger partial charge in [0.2, 0.25) is 0 Å². The second-order valence-corrected chi connectivity index (χ2v) is 2.28. The molecule has 0 bridgehead atoms. The SMILES string of the molecule is C=C(C#N)CCCC(=C)C#N. The maximum atomic E-state index is 8.32. The third-order valence-electron chi connectivity index (χ3n) is 1.27. The van der Waals surface area contributed by atoms with E-state index in [-0.39, 0.29) is 0 Å². The van der Waals surface area contributed by atoms with Gasteiger partial charge in [-0.15, -0.1) is 0 Å². The molecule has 0 unspecified atom stereocenters. The largest absolute Gasteiger partial charge is 0.193 e. The maximum absolute atomic E-state index is 8.32. The molecule has 0 radical (unpaired) electrons. The molecule has 0 aliphatic carbocycles. The summed E-state index contributed by atoms with van der Waals surface area (Å²) in [6, 6.07) is 3.90. The molecule has 0 saturated heterocycles. The van der Waals surface area contributed by atoms with E-state index in [0.717, 1.165) is 6.42 Å². The number of nitrogens with zero attached hydrogens (tertiary/aromatic N) is 2. The number of allylic oxidation sites excluding steroid dienone is 2. The van der Waals surface area contributed by atoms with Crippen LogP contribution in [0, 0.1) is 22.7 Å². The highest BCUT2D eigenvalue weighted by Crippen LogP contribution is 2.07. The van der Waals surface area contributed by atoms with Crippen LogP contribution in [0.25, 0.3) is 0 Å². The van der Waals surface area contributed by atoms with Gasteiger partial charge in [-0.3, -0.25) is 0 Å². The lowest BCUT2D eigenvalue weighted by Gasteiger charge is -1.94. The summed E-state index contributed by atoms with van der Waals surface area (Å²) in [5.41, 5.74) is 1.13. The summed E-state index contributed by atoms with van der Waals surface area (Å²) < 4.78 is 0. The molecule has 0 aliphatic rings. The average Bonchev–Trinajstić information content (AvgIpc) is 2.04. The Balaban J connectivity index is 3.46. The normalized spacial score (nSPS) is 7.82. The molecule has 0 spiro atoms. The third-order valence-corrected chi connectivity index (χ3v) is 1.27. The molecule has 0 amide bonds. The van der Waals surface area contributed by atoms with E-state index in [4.69, 9.17) is 10.5 Å². The fraction of sp³-hybridized carbons (Fsp3) is 0.333. The van der Waals surface area contributed by atoms with E-state index in [0.29, 0.717) is 24.0 Å². The third kappa shape index (κ3) is 4.93. The maximum Gasteiger partial charge on any atom is 0.0940 e. The Hall–Kier alpha value is -1.54. The first-order valence-corrected chi connectivity index (χ1v) is 3.36. The Morgan fingerprint density at radius 1 is 1.00 bits per heavy atom. The Labute approximate surface area is 67.1 Å². The van der Waals surface area contributed by atoms with Crippen molar-refractivity contribution in [1.82, 2.24) is 0 Å². The zero-order valence-electron chi connectivity index (χ0n) is 6.43. The van der Waals surface area contributed by atoms with E-state index < -0.39 is 0 Å². The molecule has 11 heavy (non-hydrogen) atoms. The molecule has 0 saturated carbocycles. The van der Waals surface area contributed by atoms with Crippen LogP contribution in [0.5, 0.6) is 0 Å². The van der Waals surface area contributed by atoms with Crippen LogP contribution in [0.15, 0.2) is 24.3 Å². The summed E-state index contributed by atoms with van der Waals surface area (Å²) >= 11 is 0. The molecule has 0 aromatic rings. The van der Waals surface area contributed by atoms with Crippen LogP contribution in [0.2, 0.25) is 0 Å². The Kier molecular flexibility index (Phi) is 4.52. The second kappa shape index (κ2) is 5.26. The van der Waals surface area contributed by atoms with Crippen LogP contribution in [0.4, 0.5) is 0 Å². The van der Waals surface area contributed by atoms with E-state index in [2.05, 4.69) is 13.2 Å². The molecule has 56 valence electrons. The van der Waals surface area contributed by atoms with Crippen molar-refractivity contribution in [3.05, 3.63) is 24.3 Å². The first-order valence-electron chi connectivity index (χ1n) is 3.36. The minimum Gasteiger partial charge on any atom is -0.193 e. The van der Waals surface area contributed by atoms with Gasteiger partial charge in [-0.1, -0.05) is 13.2 Å². The Morgan fingerprint density at radius 3 is 1.64 bits per heavy atom. The Bertz CT molecular complexity index is 211. The van der Waals surface area contributed by atoms with Crippen LogP contribution < -0.4 is 0 Å². The summed E-state index contributed by atoms with van der Waals surface area (Å²) in [7, 11) is 0.